The van der Waals surface area contributed by atoms with Gasteiger partial charge in [0.1, 0.15) is 0 Å². The van der Waals surface area contributed by atoms with Crippen molar-refractivity contribution in [2.45, 2.75) is 58.2 Å². The Kier molecular flexibility index (Phi) is 7.25. The number of hydrogen-bond donors (Lipinski definition) is 1. The fourth-order valence-corrected chi connectivity index (χ4v) is 2.54. The number of carboxylic acid groups (broad SMARTS) is 1. The monoisotopic (exact) mass is 345 g/mol. The molecule has 0 spiro atoms. The van der Waals surface area contributed by atoms with Crippen LogP contribution in [0.25, 0.3) is 0 Å². The summed E-state index contributed by atoms with van der Waals surface area (Å²) in [6.07, 6.45) is -1.21. The van der Waals surface area contributed by atoms with Crippen LogP contribution in [0.1, 0.15) is 56.3 Å². The molecule has 0 radical (unpaired) electrons. The third-order valence-electron chi connectivity index (χ3n) is 3.77. The van der Waals surface area contributed by atoms with Crippen LogP contribution in [0.3, 0.4) is 0 Å². The van der Waals surface area contributed by atoms with Gasteiger partial charge in [0.25, 0.3) is 0 Å². The highest BCUT2D eigenvalue weighted by atomic mass is 19.4. The van der Waals surface area contributed by atoms with Gasteiger partial charge in [0, 0.05) is 6.04 Å². The summed E-state index contributed by atoms with van der Waals surface area (Å²) in [6.45, 7) is 3.53. The van der Waals surface area contributed by atoms with E-state index in [0.717, 1.165) is 19.3 Å². The SMILES string of the molecule is CCCCCCC(C)N(C(=O)C(F)(F)F)c1ccccc1C(=O)O. The number of carboxylic acids is 1. The molecule has 0 aliphatic rings. The van der Waals surface area contributed by atoms with E-state index in [2.05, 4.69) is 0 Å². The van der Waals surface area contributed by atoms with E-state index in [9.17, 15) is 27.9 Å². The maximum Gasteiger partial charge on any atom is 0.471 e. The molecule has 0 fully saturated rings. The summed E-state index contributed by atoms with van der Waals surface area (Å²) in [6, 6.07) is 4.50. The Bertz CT molecular complexity index is 572. The number of halogens is 3. The fourth-order valence-electron chi connectivity index (χ4n) is 2.54. The van der Waals surface area contributed by atoms with E-state index < -0.39 is 24.1 Å². The first-order valence-corrected chi connectivity index (χ1v) is 7.92. The molecule has 1 aromatic rings. The van der Waals surface area contributed by atoms with Gasteiger partial charge in [0.2, 0.25) is 0 Å². The van der Waals surface area contributed by atoms with Crippen molar-refractivity contribution in [3.8, 4) is 0 Å². The summed E-state index contributed by atoms with van der Waals surface area (Å²) in [5, 5.41) is 9.21. The standard InChI is InChI=1S/C17H22F3NO3/c1-3-4-5-6-9-12(2)21(16(24)17(18,19)20)14-11-8-7-10-13(14)15(22)23/h7-8,10-12H,3-6,9H2,1-2H3,(H,22,23). The molecule has 1 atom stereocenters. The Morgan fingerprint density at radius 3 is 2.33 bits per heavy atom. The lowest BCUT2D eigenvalue weighted by atomic mass is 10.0. The van der Waals surface area contributed by atoms with E-state index in [1.807, 2.05) is 6.92 Å². The van der Waals surface area contributed by atoms with E-state index >= 15 is 0 Å². The van der Waals surface area contributed by atoms with Gasteiger partial charge in [-0.05, 0) is 25.5 Å². The normalized spacial score (nSPS) is 12.7. The molecule has 1 amide bonds. The van der Waals surface area contributed by atoms with Gasteiger partial charge in [-0.2, -0.15) is 13.2 Å². The molecule has 0 heterocycles. The van der Waals surface area contributed by atoms with Crippen LogP contribution < -0.4 is 4.90 Å². The zero-order chi connectivity index (χ0) is 18.3. The highest BCUT2D eigenvalue weighted by Crippen LogP contribution is 2.30. The number of benzene rings is 1. The van der Waals surface area contributed by atoms with Crippen molar-refractivity contribution in [3.63, 3.8) is 0 Å². The summed E-state index contributed by atoms with van der Waals surface area (Å²) in [5.74, 6) is -3.41. The van der Waals surface area contributed by atoms with Gasteiger partial charge in [-0.1, -0.05) is 44.7 Å². The molecule has 0 aliphatic carbocycles. The second-order valence-corrected chi connectivity index (χ2v) is 5.69. The first-order valence-electron chi connectivity index (χ1n) is 7.92. The van der Waals surface area contributed by atoms with Gasteiger partial charge in [-0.15, -0.1) is 0 Å². The number of alkyl halides is 3. The molecule has 24 heavy (non-hydrogen) atoms. The molecular formula is C17H22F3NO3. The predicted molar refractivity (Wildman–Crippen MR) is 85.2 cm³/mol. The second kappa shape index (κ2) is 8.70. The summed E-state index contributed by atoms with van der Waals surface area (Å²) in [5.41, 5.74) is -0.550. The van der Waals surface area contributed by atoms with Crippen LogP contribution in [-0.4, -0.2) is 29.2 Å². The first kappa shape index (κ1) is 20.0. The number of carbonyl (C=O) groups excluding carboxylic acids is 1. The minimum atomic E-state index is -5.07. The molecule has 1 unspecified atom stereocenters. The molecule has 7 heteroatoms. The molecule has 1 rings (SSSR count). The van der Waals surface area contributed by atoms with Crippen LogP contribution >= 0.6 is 0 Å². The van der Waals surface area contributed by atoms with Crippen molar-refractivity contribution in [2.75, 3.05) is 4.90 Å². The smallest absolute Gasteiger partial charge is 0.471 e. The molecule has 0 aromatic heterocycles. The third kappa shape index (κ3) is 5.25. The average Bonchev–Trinajstić information content (AvgIpc) is 2.51. The second-order valence-electron chi connectivity index (χ2n) is 5.69. The summed E-state index contributed by atoms with van der Waals surface area (Å²) < 4.78 is 38.9. The minimum Gasteiger partial charge on any atom is -0.478 e. The van der Waals surface area contributed by atoms with Gasteiger partial charge in [-0.25, -0.2) is 4.79 Å². The summed E-state index contributed by atoms with van der Waals surface area (Å²) >= 11 is 0. The summed E-state index contributed by atoms with van der Waals surface area (Å²) in [4.78, 5) is 23.7. The number of para-hydroxylation sites is 1. The number of unbranched alkanes of at least 4 members (excludes halogenated alkanes) is 3. The number of anilines is 1. The minimum absolute atomic E-state index is 0.227. The number of carbonyl (C=O) groups is 2. The van der Waals surface area contributed by atoms with Crippen molar-refractivity contribution in [1.82, 2.24) is 0 Å². The maximum atomic E-state index is 13.0. The Labute approximate surface area is 139 Å². The molecule has 0 saturated heterocycles. The number of rotatable bonds is 8. The Morgan fingerprint density at radius 1 is 1.17 bits per heavy atom. The highest BCUT2D eigenvalue weighted by Gasteiger charge is 2.45. The first-order chi connectivity index (χ1) is 11.2. The number of amides is 1. The topological polar surface area (TPSA) is 57.6 Å². The van der Waals surface area contributed by atoms with Gasteiger partial charge in [0.15, 0.2) is 0 Å². The van der Waals surface area contributed by atoms with Crippen LogP contribution in [0.4, 0.5) is 18.9 Å². The zero-order valence-corrected chi connectivity index (χ0v) is 13.8. The lowest BCUT2D eigenvalue weighted by molar-refractivity contribution is -0.171. The lowest BCUT2D eigenvalue weighted by Crippen LogP contribution is -2.47. The van der Waals surface area contributed by atoms with Crippen molar-refractivity contribution in [2.24, 2.45) is 0 Å². The van der Waals surface area contributed by atoms with Crippen LogP contribution in [0.5, 0.6) is 0 Å². The van der Waals surface area contributed by atoms with Crippen LogP contribution in [-0.2, 0) is 4.79 Å². The molecule has 1 aromatic carbocycles. The van der Waals surface area contributed by atoms with Crippen LogP contribution in [0.15, 0.2) is 24.3 Å². The average molecular weight is 345 g/mol. The maximum absolute atomic E-state index is 13.0. The van der Waals surface area contributed by atoms with Gasteiger partial charge >= 0.3 is 18.1 Å². The van der Waals surface area contributed by atoms with Gasteiger partial charge in [0.05, 0.1) is 11.3 Å². The van der Waals surface area contributed by atoms with E-state index in [0.29, 0.717) is 17.7 Å². The lowest BCUT2D eigenvalue weighted by Gasteiger charge is -2.31. The summed E-state index contributed by atoms with van der Waals surface area (Å²) in [7, 11) is 0. The molecule has 134 valence electrons. The largest absolute Gasteiger partial charge is 0.478 e. The molecule has 0 aliphatic heterocycles. The van der Waals surface area contributed by atoms with Crippen LogP contribution in [0.2, 0.25) is 0 Å². The van der Waals surface area contributed by atoms with Crippen LogP contribution in [0, 0.1) is 0 Å². The highest BCUT2D eigenvalue weighted by molar-refractivity contribution is 6.04. The van der Waals surface area contributed by atoms with Crippen molar-refractivity contribution in [3.05, 3.63) is 29.8 Å². The van der Waals surface area contributed by atoms with Gasteiger partial charge in [-0.3, -0.25) is 4.79 Å². The molecule has 4 nitrogen and oxygen atoms in total. The Morgan fingerprint density at radius 2 is 1.79 bits per heavy atom. The molecule has 0 saturated carbocycles. The van der Waals surface area contributed by atoms with Crippen molar-refractivity contribution < 1.29 is 27.9 Å². The quantitative estimate of drug-likeness (QED) is 0.698. The Balaban J connectivity index is 3.15. The van der Waals surface area contributed by atoms with Gasteiger partial charge < -0.3 is 10.0 Å². The van der Waals surface area contributed by atoms with E-state index in [1.165, 1.54) is 31.2 Å². The molecular weight excluding hydrogens is 323 g/mol. The fraction of sp³-hybridized carbons (Fsp3) is 0.529. The molecule has 0 bridgehead atoms. The van der Waals surface area contributed by atoms with E-state index in [1.54, 1.807) is 0 Å². The Hall–Kier alpha value is -2.05. The number of aromatic carboxylic acids is 1. The van der Waals surface area contributed by atoms with Crippen molar-refractivity contribution >= 4 is 17.6 Å². The zero-order valence-electron chi connectivity index (χ0n) is 13.8. The number of nitrogens with zero attached hydrogens (tertiary/aromatic N) is 1. The molecule has 1 N–H and O–H groups in total. The number of hydrogen-bond acceptors (Lipinski definition) is 2. The van der Waals surface area contributed by atoms with E-state index in [4.69, 9.17) is 0 Å². The van der Waals surface area contributed by atoms with E-state index in [-0.39, 0.29) is 11.3 Å². The predicted octanol–water partition coefficient (Wildman–Crippen LogP) is 4.64. The third-order valence-corrected chi connectivity index (χ3v) is 3.77. The van der Waals surface area contributed by atoms with Crippen molar-refractivity contribution in [1.29, 1.82) is 0 Å².